The predicted octanol–water partition coefficient (Wildman–Crippen LogP) is 3.89. The smallest absolute Gasteiger partial charge is 0.193 e. The molecule has 0 bridgehead atoms. The number of hydrogen-bond acceptors (Lipinski definition) is 3. The van der Waals surface area contributed by atoms with Gasteiger partial charge < -0.3 is 10.2 Å². The first kappa shape index (κ1) is 19.9. The van der Waals surface area contributed by atoms with Gasteiger partial charge in [-0.05, 0) is 31.9 Å². The molecule has 1 heterocycles. The number of nitrogens with zero attached hydrogens (tertiary/aromatic N) is 3. The molecule has 0 saturated heterocycles. The molecule has 1 N–H and O–H groups in total. The lowest BCUT2D eigenvalue weighted by Gasteiger charge is -2.22. The zero-order chi connectivity index (χ0) is 16.1. The standard InChI is InChI=1S/C17H24N4S.HI/c1-12-8-6-7-9-15(12)11-21(5)17(18-4)19-10-16-13(2)20-14(3)22-16;/h6-9H,10-11H2,1-5H3,(H,18,19);1H. The third kappa shape index (κ3) is 5.46. The van der Waals surface area contributed by atoms with E-state index >= 15 is 0 Å². The number of aryl methyl sites for hydroxylation is 3. The van der Waals surface area contributed by atoms with E-state index in [0.29, 0.717) is 0 Å². The summed E-state index contributed by atoms with van der Waals surface area (Å²) in [5.74, 6) is 0.897. The first-order chi connectivity index (χ1) is 10.5. The van der Waals surface area contributed by atoms with E-state index in [9.17, 15) is 0 Å². The predicted molar refractivity (Wildman–Crippen MR) is 110 cm³/mol. The van der Waals surface area contributed by atoms with Crippen molar-refractivity contribution in [3.8, 4) is 0 Å². The van der Waals surface area contributed by atoms with Crippen molar-refractivity contribution in [3.05, 3.63) is 51.0 Å². The minimum Gasteiger partial charge on any atom is -0.351 e. The number of halogens is 1. The van der Waals surface area contributed by atoms with E-state index in [1.165, 1.54) is 16.0 Å². The van der Waals surface area contributed by atoms with E-state index in [0.717, 1.165) is 29.8 Å². The summed E-state index contributed by atoms with van der Waals surface area (Å²) in [6.07, 6.45) is 0. The van der Waals surface area contributed by atoms with Crippen molar-refractivity contribution in [2.24, 2.45) is 4.99 Å². The van der Waals surface area contributed by atoms with Gasteiger partial charge in [-0.3, -0.25) is 4.99 Å². The van der Waals surface area contributed by atoms with Crippen molar-refractivity contribution in [3.63, 3.8) is 0 Å². The molecular weight excluding hydrogens is 419 g/mol. The highest BCUT2D eigenvalue weighted by Crippen LogP contribution is 2.16. The largest absolute Gasteiger partial charge is 0.351 e. The maximum Gasteiger partial charge on any atom is 0.193 e. The van der Waals surface area contributed by atoms with Crippen LogP contribution in [0.25, 0.3) is 0 Å². The van der Waals surface area contributed by atoms with Crippen LogP contribution in [0.2, 0.25) is 0 Å². The van der Waals surface area contributed by atoms with Crippen LogP contribution in [0.4, 0.5) is 0 Å². The first-order valence-electron chi connectivity index (χ1n) is 7.40. The Labute approximate surface area is 160 Å². The molecule has 4 nitrogen and oxygen atoms in total. The molecule has 6 heteroatoms. The van der Waals surface area contributed by atoms with Crippen LogP contribution in [0.15, 0.2) is 29.3 Å². The molecule has 0 atom stereocenters. The van der Waals surface area contributed by atoms with Gasteiger partial charge in [-0.15, -0.1) is 35.3 Å². The second-order valence-corrected chi connectivity index (χ2v) is 6.71. The third-order valence-corrected chi connectivity index (χ3v) is 4.72. The van der Waals surface area contributed by atoms with E-state index in [1.807, 2.05) is 14.0 Å². The lowest BCUT2D eigenvalue weighted by molar-refractivity contribution is 0.475. The van der Waals surface area contributed by atoms with Crippen molar-refractivity contribution in [2.45, 2.75) is 33.9 Å². The highest BCUT2D eigenvalue weighted by Gasteiger charge is 2.10. The van der Waals surface area contributed by atoms with Gasteiger partial charge in [0.25, 0.3) is 0 Å². The molecule has 0 aliphatic rings. The Kier molecular flexibility index (Phi) is 7.98. The summed E-state index contributed by atoms with van der Waals surface area (Å²) in [4.78, 5) is 12.3. The number of aromatic nitrogens is 1. The molecule has 0 amide bonds. The van der Waals surface area contributed by atoms with E-state index in [4.69, 9.17) is 0 Å². The molecule has 0 aliphatic heterocycles. The fourth-order valence-electron chi connectivity index (χ4n) is 2.40. The molecule has 1 aromatic carbocycles. The zero-order valence-electron chi connectivity index (χ0n) is 14.4. The van der Waals surface area contributed by atoms with Crippen molar-refractivity contribution in [2.75, 3.05) is 14.1 Å². The number of benzene rings is 1. The van der Waals surface area contributed by atoms with Crippen LogP contribution in [-0.2, 0) is 13.1 Å². The molecular formula is C17H25IN4S. The number of guanidine groups is 1. The minimum absolute atomic E-state index is 0. The van der Waals surface area contributed by atoms with Crippen LogP contribution in [0.1, 0.15) is 26.7 Å². The van der Waals surface area contributed by atoms with Crippen molar-refractivity contribution in [1.82, 2.24) is 15.2 Å². The Hall–Kier alpha value is -1.15. The van der Waals surface area contributed by atoms with Gasteiger partial charge in [-0.25, -0.2) is 4.98 Å². The maximum atomic E-state index is 4.46. The van der Waals surface area contributed by atoms with Gasteiger partial charge in [0.2, 0.25) is 0 Å². The molecule has 2 aromatic rings. The summed E-state index contributed by atoms with van der Waals surface area (Å²) in [5.41, 5.74) is 3.73. The van der Waals surface area contributed by atoms with Crippen LogP contribution in [-0.4, -0.2) is 29.9 Å². The van der Waals surface area contributed by atoms with Gasteiger partial charge >= 0.3 is 0 Å². The summed E-state index contributed by atoms with van der Waals surface area (Å²) in [5, 5.41) is 4.53. The highest BCUT2D eigenvalue weighted by atomic mass is 127. The van der Waals surface area contributed by atoms with E-state index < -0.39 is 0 Å². The average Bonchev–Trinajstić information content (AvgIpc) is 2.80. The van der Waals surface area contributed by atoms with Crippen molar-refractivity contribution >= 4 is 41.3 Å². The normalized spacial score (nSPS) is 11.1. The average molecular weight is 444 g/mol. The van der Waals surface area contributed by atoms with Crippen molar-refractivity contribution in [1.29, 1.82) is 0 Å². The Morgan fingerprint density at radius 2 is 1.96 bits per heavy atom. The molecule has 126 valence electrons. The second-order valence-electron chi connectivity index (χ2n) is 5.42. The number of thiazole rings is 1. The fourth-order valence-corrected chi connectivity index (χ4v) is 3.28. The van der Waals surface area contributed by atoms with Crippen LogP contribution >= 0.6 is 35.3 Å². The van der Waals surface area contributed by atoms with Gasteiger partial charge in [0, 0.05) is 25.5 Å². The zero-order valence-corrected chi connectivity index (χ0v) is 17.5. The van der Waals surface area contributed by atoms with E-state index in [1.54, 1.807) is 11.3 Å². The molecule has 0 saturated carbocycles. The summed E-state index contributed by atoms with van der Waals surface area (Å²) in [7, 11) is 3.88. The van der Waals surface area contributed by atoms with Crippen LogP contribution in [0, 0.1) is 20.8 Å². The Balaban J connectivity index is 0.00000264. The van der Waals surface area contributed by atoms with Crippen LogP contribution in [0.5, 0.6) is 0 Å². The molecule has 0 radical (unpaired) electrons. The summed E-state index contributed by atoms with van der Waals surface area (Å²) < 4.78 is 0. The lowest BCUT2D eigenvalue weighted by atomic mass is 10.1. The number of hydrogen-bond donors (Lipinski definition) is 1. The molecule has 23 heavy (non-hydrogen) atoms. The highest BCUT2D eigenvalue weighted by molar-refractivity contribution is 14.0. The SMILES string of the molecule is CN=C(NCc1sc(C)nc1C)N(C)Cc1ccccc1C.I. The van der Waals surface area contributed by atoms with Gasteiger partial charge in [0.05, 0.1) is 17.2 Å². The molecule has 0 unspecified atom stereocenters. The van der Waals surface area contributed by atoms with Gasteiger partial charge in [-0.2, -0.15) is 0 Å². The second kappa shape index (κ2) is 9.22. The van der Waals surface area contributed by atoms with Crippen LogP contribution in [0.3, 0.4) is 0 Å². The first-order valence-corrected chi connectivity index (χ1v) is 8.22. The van der Waals surface area contributed by atoms with Crippen LogP contribution < -0.4 is 5.32 Å². The Morgan fingerprint density at radius 1 is 1.26 bits per heavy atom. The van der Waals surface area contributed by atoms with E-state index in [-0.39, 0.29) is 24.0 Å². The number of nitrogens with one attached hydrogen (secondary N) is 1. The molecule has 1 aromatic heterocycles. The van der Waals surface area contributed by atoms with Gasteiger partial charge in [-0.1, -0.05) is 24.3 Å². The maximum absolute atomic E-state index is 4.46. The van der Waals surface area contributed by atoms with E-state index in [2.05, 4.69) is 65.4 Å². The monoisotopic (exact) mass is 444 g/mol. The van der Waals surface area contributed by atoms with Crippen molar-refractivity contribution < 1.29 is 0 Å². The summed E-state index contributed by atoms with van der Waals surface area (Å²) >= 11 is 1.74. The number of rotatable bonds is 4. The Morgan fingerprint density at radius 3 is 2.52 bits per heavy atom. The molecule has 0 fully saturated rings. The quantitative estimate of drug-likeness (QED) is 0.442. The summed E-state index contributed by atoms with van der Waals surface area (Å²) in [6, 6.07) is 8.45. The minimum atomic E-state index is 0. The summed E-state index contributed by atoms with van der Waals surface area (Å²) in [6.45, 7) is 7.85. The fraction of sp³-hybridized carbons (Fsp3) is 0.412. The molecule has 0 aliphatic carbocycles. The molecule has 0 spiro atoms. The Bertz CT molecular complexity index is 666. The number of aliphatic imine (C=N–C) groups is 1. The third-order valence-electron chi connectivity index (χ3n) is 3.65. The molecule has 2 rings (SSSR count). The topological polar surface area (TPSA) is 40.5 Å². The van der Waals surface area contributed by atoms with Gasteiger partial charge in [0.15, 0.2) is 5.96 Å². The van der Waals surface area contributed by atoms with Gasteiger partial charge in [0.1, 0.15) is 0 Å². The lowest BCUT2D eigenvalue weighted by Crippen LogP contribution is -2.38.